The number of carbonyl (C=O) groups excluding carboxylic acids is 2. The summed E-state index contributed by atoms with van der Waals surface area (Å²) < 4.78 is 16.3. The van der Waals surface area contributed by atoms with E-state index in [1.807, 2.05) is 0 Å². The molecule has 0 bridgehead atoms. The van der Waals surface area contributed by atoms with Crippen LogP contribution in [0.1, 0.15) is 46.4 Å². The molecular formula is C24H26O5. The minimum absolute atomic E-state index is 0.389. The van der Waals surface area contributed by atoms with E-state index in [0.29, 0.717) is 41.6 Å². The van der Waals surface area contributed by atoms with Crippen molar-refractivity contribution < 1.29 is 23.8 Å². The first kappa shape index (κ1) is 22.0. The van der Waals surface area contributed by atoms with E-state index in [2.05, 4.69) is 13.2 Å². The van der Waals surface area contributed by atoms with Crippen LogP contribution in [0, 0.1) is 0 Å². The van der Waals surface area contributed by atoms with Crippen molar-refractivity contribution in [3.63, 3.8) is 0 Å². The molecule has 0 aliphatic carbocycles. The SMILES string of the molecule is C=CC(=C)OCCCCCCOc1ccc(C(=O)Oc2ccc(C=O)cc2)cc1. The van der Waals surface area contributed by atoms with Gasteiger partial charge in [0.2, 0.25) is 0 Å². The van der Waals surface area contributed by atoms with E-state index < -0.39 is 5.97 Å². The van der Waals surface area contributed by atoms with E-state index in [4.69, 9.17) is 14.2 Å². The van der Waals surface area contributed by atoms with Crippen molar-refractivity contribution in [2.75, 3.05) is 13.2 Å². The van der Waals surface area contributed by atoms with E-state index in [0.717, 1.165) is 32.0 Å². The Hall–Kier alpha value is -3.34. The van der Waals surface area contributed by atoms with E-state index in [-0.39, 0.29) is 0 Å². The second-order valence-electron chi connectivity index (χ2n) is 6.38. The van der Waals surface area contributed by atoms with E-state index in [9.17, 15) is 9.59 Å². The lowest BCUT2D eigenvalue weighted by atomic mass is 10.2. The summed E-state index contributed by atoms with van der Waals surface area (Å²) >= 11 is 0. The summed E-state index contributed by atoms with van der Waals surface area (Å²) in [5, 5.41) is 0. The van der Waals surface area contributed by atoms with Gasteiger partial charge in [0, 0.05) is 5.56 Å². The molecule has 0 spiro atoms. The molecule has 2 aromatic carbocycles. The van der Waals surface area contributed by atoms with Crippen LogP contribution < -0.4 is 9.47 Å². The molecule has 0 aliphatic heterocycles. The fourth-order valence-corrected chi connectivity index (χ4v) is 2.48. The Morgan fingerprint density at radius 1 is 0.862 bits per heavy atom. The molecule has 0 heterocycles. The second kappa shape index (κ2) is 12.2. The molecule has 2 aromatic rings. The molecule has 0 saturated carbocycles. The molecule has 5 heteroatoms. The fourth-order valence-electron chi connectivity index (χ4n) is 2.48. The second-order valence-corrected chi connectivity index (χ2v) is 6.38. The number of aldehydes is 1. The Kier molecular flexibility index (Phi) is 9.22. The molecule has 0 fully saturated rings. The Morgan fingerprint density at radius 2 is 1.48 bits per heavy atom. The number of esters is 1. The number of ether oxygens (including phenoxy) is 3. The van der Waals surface area contributed by atoms with Crippen molar-refractivity contribution in [1.82, 2.24) is 0 Å². The number of hydrogen-bond donors (Lipinski definition) is 0. The van der Waals surface area contributed by atoms with Gasteiger partial charge in [-0.1, -0.05) is 13.2 Å². The highest BCUT2D eigenvalue weighted by Gasteiger charge is 2.09. The van der Waals surface area contributed by atoms with Gasteiger partial charge < -0.3 is 14.2 Å². The highest BCUT2D eigenvalue weighted by Crippen LogP contribution is 2.17. The summed E-state index contributed by atoms with van der Waals surface area (Å²) in [6.07, 6.45) is 6.37. The molecular weight excluding hydrogens is 368 g/mol. The van der Waals surface area contributed by atoms with Crippen LogP contribution in [0.2, 0.25) is 0 Å². The largest absolute Gasteiger partial charge is 0.494 e. The van der Waals surface area contributed by atoms with Crippen LogP contribution in [0.3, 0.4) is 0 Å². The highest BCUT2D eigenvalue weighted by molar-refractivity contribution is 5.91. The van der Waals surface area contributed by atoms with Gasteiger partial charge in [-0.05, 0) is 80.3 Å². The van der Waals surface area contributed by atoms with Gasteiger partial charge >= 0.3 is 5.97 Å². The number of benzene rings is 2. The average Bonchev–Trinajstić information content (AvgIpc) is 2.76. The van der Waals surface area contributed by atoms with Crippen molar-refractivity contribution >= 4 is 12.3 Å². The van der Waals surface area contributed by atoms with E-state index >= 15 is 0 Å². The lowest BCUT2D eigenvalue weighted by Gasteiger charge is -2.08. The smallest absolute Gasteiger partial charge is 0.343 e. The molecule has 0 N–H and O–H groups in total. The van der Waals surface area contributed by atoms with Crippen molar-refractivity contribution in [2.45, 2.75) is 25.7 Å². The molecule has 0 aliphatic rings. The maximum absolute atomic E-state index is 12.2. The molecule has 0 radical (unpaired) electrons. The summed E-state index contributed by atoms with van der Waals surface area (Å²) in [4.78, 5) is 22.8. The quantitative estimate of drug-likeness (QED) is 0.114. The van der Waals surface area contributed by atoms with Crippen LogP contribution in [-0.4, -0.2) is 25.5 Å². The highest BCUT2D eigenvalue weighted by atomic mass is 16.5. The normalized spacial score (nSPS) is 10.1. The molecule has 5 nitrogen and oxygen atoms in total. The minimum atomic E-state index is -0.461. The van der Waals surface area contributed by atoms with Gasteiger partial charge in [-0.2, -0.15) is 0 Å². The molecule has 0 unspecified atom stereocenters. The summed E-state index contributed by atoms with van der Waals surface area (Å²) in [5.74, 6) is 1.25. The van der Waals surface area contributed by atoms with E-state index in [1.54, 1.807) is 54.6 Å². The number of rotatable bonds is 13. The van der Waals surface area contributed by atoms with Crippen molar-refractivity contribution in [3.05, 3.63) is 84.7 Å². The predicted molar refractivity (Wildman–Crippen MR) is 112 cm³/mol. The average molecular weight is 394 g/mol. The minimum Gasteiger partial charge on any atom is -0.494 e. The van der Waals surface area contributed by atoms with Crippen LogP contribution in [0.4, 0.5) is 0 Å². The standard InChI is InChI=1S/C24H26O5/c1-3-19(2)27-16-6-4-5-7-17-28-22-14-10-21(11-15-22)24(26)29-23-12-8-20(18-25)9-13-23/h3,8-15,18H,1-2,4-7,16-17H2. The summed E-state index contributed by atoms with van der Waals surface area (Å²) in [7, 11) is 0. The van der Waals surface area contributed by atoms with Gasteiger partial charge in [0.05, 0.1) is 18.8 Å². The number of carbonyl (C=O) groups is 2. The Morgan fingerprint density at radius 3 is 2.10 bits per heavy atom. The topological polar surface area (TPSA) is 61.8 Å². The van der Waals surface area contributed by atoms with Crippen LogP contribution >= 0.6 is 0 Å². The van der Waals surface area contributed by atoms with Crippen LogP contribution in [0.15, 0.2) is 73.5 Å². The van der Waals surface area contributed by atoms with Crippen molar-refractivity contribution in [3.8, 4) is 11.5 Å². The Bertz CT molecular complexity index is 806. The lowest BCUT2D eigenvalue weighted by molar-refractivity contribution is 0.0734. The summed E-state index contributed by atoms with van der Waals surface area (Å²) in [6.45, 7) is 8.56. The Balaban J connectivity index is 1.66. The summed E-state index contributed by atoms with van der Waals surface area (Å²) in [5.41, 5.74) is 0.955. The van der Waals surface area contributed by atoms with Gasteiger partial charge in [-0.25, -0.2) is 4.79 Å². The summed E-state index contributed by atoms with van der Waals surface area (Å²) in [6, 6.07) is 13.2. The molecule has 2 rings (SSSR count). The van der Waals surface area contributed by atoms with Crippen LogP contribution in [0.5, 0.6) is 11.5 Å². The zero-order valence-corrected chi connectivity index (χ0v) is 16.5. The molecule has 29 heavy (non-hydrogen) atoms. The Labute approximate surface area is 171 Å². The van der Waals surface area contributed by atoms with Crippen molar-refractivity contribution in [2.24, 2.45) is 0 Å². The predicted octanol–water partition coefficient (Wildman–Crippen LogP) is 5.37. The zero-order valence-electron chi connectivity index (χ0n) is 16.5. The van der Waals surface area contributed by atoms with Crippen LogP contribution in [0.25, 0.3) is 0 Å². The third-order valence-corrected chi connectivity index (χ3v) is 4.14. The third kappa shape index (κ3) is 8.05. The number of unbranched alkanes of at least 4 members (excludes halogenated alkanes) is 3. The first-order valence-corrected chi connectivity index (χ1v) is 9.57. The molecule has 0 saturated heterocycles. The van der Waals surface area contributed by atoms with Crippen LogP contribution in [-0.2, 0) is 4.74 Å². The van der Waals surface area contributed by atoms with Gasteiger partial charge in [0.1, 0.15) is 23.5 Å². The molecule has 0 amide bonds. The van der Waals surface area contributed by atoms with Gasteiger partial charge in [0.25, 0.3) is 0 Å². The first-order chi connectivity index (χ1) is 14.1. The van der Waals surface area contributed by atoms with E-state index in [1.165, 1.54) is 0 Å². The van der Waals surface area contributed by atoms with Gasteiger partial charge in [-0.15, -0.1) is 0 Å². The third-order valence-electron chi connectivity index (χ3n) is 4.14. The monoisotopic (exact) mass is 394 g/mol. The first-order valence-electron chi connectivity index (χ1n) is 9.57. The number of allylic oxidation sites excluding steroid dienone is 1. The number of hydrogen-bond acceptors (Lipinski definition) is 5. The van der Waals surface area contributed by atoms with Gasteiger partial charge in [0.15, 0.2) is 0 Å². The maximum Gasteiger partial charge on any atom is 0.343 e. The molecule has 0 aromatic heterocycles. The molecule has 152 valence electrons. The fraction of sp³-hybridized carbons (Fsp3) is 0.250. The maximum atomic E-state index is 12.2. The zero-order chi connectivity index (χ0) is 20.9. The van der Waals surface area contributed by atoms with Gasteiger partial charge in [-0.3, -0.25) is 4.79 Å². The molecule has 0 atom stereocenters. The lowest BCUT2D eigenvalue weighted by Crippen LogP contribution is -2.08. The van der Waals surface area contributed by atoms with Crippen molar-refractivity contribution in [1.29, 1.82) is 0 Å².